The van der Waals surface area contributed by atoms with Gasteiger partial charge in [0.15, 0.2) is 5.76 Å². The number of furan rings is 1. The zero-order valence-corrected chi connectivity index (χ0v) is 18.6. The van der Waals surface area contributed by atoms with Gasteiger partial charge in [-0.05, 0) is 79.9 Å². The highest BCUT2D eigenvalue weighted by atomic mass is 19.1. The van der Waals surface area contributed by atoms with Crippen LogP contribution in [0, 0.1) is 11.2 Å². The number of benzene rings is 2. The molecule has 2 N–H and O–H groups in total. The van der Waals surface area contributed by atoms with Crippen molar-refractivity contribution in [1.29, 1.82) is 0 Å². The molecule has 3 aromatic rings. The van der Waals surface area contributed by atoms with E-state index in [1.807, 2.05) is 6.07 Å². The van der Waals surface area contributed by atoms with Crippen LogP contribution in [0.2, 0.25) is 0 Å². The first-order valence-corrected chi connectivity index (χ1v) is 11.4. The third-order valence-electron chi connectivity index (χ3n) is 6.34. The Kier molecular flexibility index (Phi) is 5.98. The van der Waals surface area contributed by atoms with E-state index in [1.54, 1.807) is 48.7 Å². The first-order chi connectivity index (χ1) is 16.5. The molecule has 0 radical (unpaired) electrons. The number of hydrogen-bond donors (Lipinski definition) is 2. The summed E-state index contributed by atoms with van der Waals surface area (Å²) in [5, 5.41) is 12.3. The lowest BCUT2D eigenvalue weighted by atomic mass is 9.75. The molecule has 0 aliphatic carbocycles. The van der Waals surface area contributed by atoms with Gasteiger partial charge in [0.05, 0.1) is 12.0 Å². The Balaban J connectivity index is 1.28. The molecule has 1 aromatic heterocycles. The predicted octanol–water partition coefficient (Wildman–Crippen LogP) is 4.11. The van der Waals surface area contributed by atoms with Crippen LogP contribution in [-0.2, 0) is 16.0 Å². The lowest BCUT2D eigenvalue weighted by Gasteiger charge is -2.32. The minimum absolute atomic E-state index is 0.0813. The van der Waals surface area contributed by atoms with Crippen LogP contribution in [0.3, 0.4) is 0 Å². The monoisotopic (exact) mass is 460 g/mol. The van der Waals surface area contributed by atoms with E-state index in [1.165, 1.54) is 17.1 Å². The van der Waals surface area contributed by atoms with E-state index >= 15 is 0 Å². The van der Waals surface area contributed by atoms with E-state index in [-0.39, 0.29) is 24.1 Å². The Hall–Kier alpha value is -3.78. The number of hydrazone groups is 1. The summed E-state index contributed by atoms with van der Waals surface area (Å²) in [4.78, 5) is 25.9. The molecule has 0 bridgehead atoms. The van der Waals surface area contributed by atoms with Crippen LogP contribution in [0.4, 0.5) is 15.8 Å². The Labute approximate surface area is 196 Å². The van der Waals surface area contributed by atoms with E-state index in [0.29, 0.717) is 42.2 Å². The fourth-order valence-corrected chi connectivity index (χ4v) is 4.53. The molecule has 1 unspecified atom stereocenters. The highest BCUT2D eigenvalue weighted by molar-refractivity contribution is 6.24. The molecule has 1 spiro atoms. The molecule has 34 heavy (non-hydrogen) atoms. The van der Waals surface area contributed by atoms with E-state index < -0.39 is 5.41 Å². The summed E-state index contributed by atoms with van der Waals surface area (Å²) in [5.41, 5.74) is 2.05. The number of anilines is 2. The molecule has 2 amide bonds. The predicted molar refractivity (Wildman–Crippen MR) is 127 cm³/mol. The second-order valence-electron chi connectivity index (χ2n) is 8.63. The van der Waals surface area contributed by atoms with Crippen LogP contribution >= 0.6 is 0 Å². The topological polar surface area (TPSA) is 86.9 Å². The second-order valence-corrected chi connectivity index (χ2v) is 8.63. The Bertz CT molecular complexity index is 1200. The van der Waals surface area contributed by atoms with E-state index in [0.717, 1.165) is 18.5 Å². The summed E-state index contributed by atoms with van der Waals surface area (Å²) in [6, 6.07) is 16.8. The fraction of sp³-hybridized carbons (Fsp3) is 0.269. The molecule has 7 nitrogen and oxygen atoms in total. The minimum Gasteiger partial charge on any atom is -0.463 e. The van der Waals surface area contributed by atoms with Crippen LogP contribution in [-0.4, -0.2) is 30.6 Å². The van der Waals surface area contributed by atoms with Crippen molar-refractivity contribution < 1.29 is 18.4 Å². The lowest BCUT2D eigenvalue weighted by molar-refractivity contribution is -0.124. The van der Waals surface area contributed by atoms with E-state index in [9.17, 15) is 14.0 Å². The van der Waals surface area contributed by atoms with Gasteiger partial charge in [-0.25, -0.2) is 4.39 Å². The number of amides is 2. The van der Waals surface area contributed by atoms with Crippen molar-refractivity contribution in [2.24, 2.45) is 10.5 Å². The standard InChI is InChI=1S/C26H25FN4O3/c27-19-7-4-18(5-8-19)6-13-23(32)29-20-9-11-21(12-10-20)31-25(33)26(14-2-15-28-17-26)24(30-31)22-3-1-16-34-22/h1,3-5,7-12,16,28H,2,6,13-15,17H2,(H,29,32). The molecule has 1 atom stereocenters. The first-order valence-electron chi connectivity index (χ1n) is 11.4. The summed E-state index contributed by atoms with van der Waals surface area (Å²) in [5.74, 6) is 0.0857. The molecule has 2 aliphatic rings. The third-order valence-corrected chi connectivity index (χ3v) is 6.34. The van der Waals surface area contributed by atoms with Crippen LogP contribution < -0.4 is 15.6 Å². The maximum absolute atomic E-state index is 13.5. The van der Waals surface area contributed by atoms with Crippen LogP contribution in [0.15, 0.2) is 76.4 Å². The number of aryl methyl sites for hydroxylation is 1. The van der Waals surface area contributed by atoms with Crippen molar-refractivity contribution in [2.45, 2.75) is 25.7 Å². The number of nitrogens with one attached hydrogen (secondary N) is 2. The van der Waals surface area contributed by atoms with Gasteiger partial charge in [0.2, 0.25) is 5.91 Å². The van der Waals surface area contributed by atoms with Crippen molar-refractivity contribution in [3.63, 3.8) is 0 Å². The van der Waals surface area contributed by atoms with Gasteiger partial charge in [-0.1, -0.05) is 12.1 Å². The molecule has 2 aliphatic heterocycles. The number of hydrogen-bond acceptors (Lipinski definition) is 5. The maximum atomic E-state index is 13.5. The minimum atomic E-state index is -0.747. The van der Waals surface area contributed by atoms with Gasteiger partial charge in [0, 0.05) is 18.7 Å². The highest BCUT2D eigenvalue weighted by Gasteiger charge is 2.53. The Morgan fingerprint density at radius 3 is 2.62 bits per heavy atom. The molecular formula is C26H25FN4O3. The summed E-state index contributed by atoms with van der Waals surface area (Å²) in [6.45, 7) is 1.39. The van der Waals surface area contributed by atoms with Gasteiger partial charge in [-0.15, -0.1) is 0 Å². The molecule has 2 aromatic carbocycles. The largest absolute Gasteiger partial charge is 0.463 e. The molecule has 5 rings (SSSR count). The summed E-state index contributed by atoms with van der Waals surface area (Å²) in [7, 11) is 0. The van der Waals surface area contributed by atoms with E-state index in [2.05, 4.69) is 15.7 Å². The van der Waals surface area contributed by atoms with Gasteiger partial charge in [0.1, 0.15) is 16.9 Å². The first kappa shape index (κ1) is 22.0. The number of halogens is 1. The summed E-state index contributed by atoms with van der Waals surface area (Å²) >= 11 is 0. The molecule has 174 valence electrons. The van der Waals surface area contributed by atoms with Crippen molar-refractivity contribution >= 4 is 28.9 Å². The van der Waals surface area contributed by atoms with Gasteiger partial charge < -0.3 is 15.1 Å². The number of carbonyl (C=O) groups excluding carboxylic acids is 2. The number of piperidine rings is 1. The number of rotatable bonds is 6. The Morgan fingerprint density at radius 2 is 1.94 bits per heavy atom. The van der Waals surface area contributed by atoms with Crippen molar-refractivity contribution in [2.75, 3.05) is 23.4 Å². The molecule has 1 saturated heterocycles. The normalized spacial score (nSPS) is 20.0. The SMILES string of the molecule is O=C(CCc1ccc(F)cc1)Nc1ccc(N2N=C(c3ccco3)C3(CCCNC3)C2=O)cc1. The zero-order valence-electron chi connectivity index (χ0n) is 18.6. The summed E-state index contributed by atoms with van der Waals surface area (Å²) in [6.07, 6.45) is 3.97. The molecule has 1 fully saturated rings. The van der Waals surface area contributed by atoms with E-state index in [4.69, 9.17) is 4.42 Å². The summed E-state index contributed by atoms with van der Waals surface area (Å²) < 4.78 is 18.6. The van der Waals surface area contributed by atoms with Crippen LogP contribution in [0.5, 0.6) is 0 Å². The van der Waals surface area contributed by atoms with Crippen LogP contribution in [0.25, 0.3) is 0 Å². The maximum Gasteiger partial charge on any atom is 0.261 e. The lowest BCUT2D eigenvalue weighted by Crippen LogP contribution is -2.50. The third kappa shape index (κ3) is 4.24. The highest BCUT2D eigenvalue weighted by Crippen LogP contribution is 2.40. The van der Waals surface area contributed by atoms with Crippen molar-refractivity contribution in [3.8, 4) is 0 Å². The van der Waals surface area contributed by atoms with Gasteiger partial charge >= 0.3 is 0 Å². The zero-order chi connectivity index (χ0) is 23.5. The van der Waals surface area contributed by atoms with Gasteiger partial charge in [-0.2, -0.15) is 10.1 Å². The number of nitrogens with zero attached hydrogens (tertiary/aromatic N) is 2. The molecule has 3 heterocycles. The van der Waals surface area contributed by atoms with Gasteiger partial charge in [-0.3, -0.25) is 9.59 Å². The smallest absolute Gasteiger partial charge is 0.261 e. The van der Waals surface area contributed by atoms with Gasteiger partial charge in [0.25, 0.3) is 5.91 Å². The number of carbonyl (C=O) groups is 2. The Morgan fingerprint density at radius 1 is 1.15 bits per heavy atom. The van der Waals surface area contributed by atoms with Crippen LogP contribution in [0.1, 0.15) is 30.6 Å². The second kappa shape index (κ2) is 9.23. The van der Waals surface area contributed by atoms with Crippen molar-refractivity contribution in [3.05, 3.63) is 84.1 Å². The molecular weight excluding hydrogens is 435 g/mol. The fourth-order valence-electron chi connectivity index (χ4n) is 4.53. The average molecular weight is 461 g/mol. The molecule has 0 saturated carbocycles. The molecule has 8 heteroatoms. The average Bonchev–Trinajstić information content (AvgIpc) is 3.48. The van der Waals surface area contributed by atoms with Crippen molar-refractivity contribution in [1.82, 2.24) is 5.32 Å². The quantitative estimate of drug-likeness (QED) is 0.580.